The van der Waals surface area contributed by atoms with Crippen molar-refractivity contribution in [2.75, 3.05) is 12.8 Å². The highest BCUT2D eigenvalue weighted by Gasteiger charge is 2.23. The van der Waals surface area contributed by atoms with Crippen LogP contribution in [0.5, 0.6) is 0 Å². The summed E-state index contributed by atoms with van der Waals surface area (Å²) >= 11 is 1.93. The number of nitrogens with one attached hydrogen (secondary N) is 1. The second kappa shape index (κ2) is 6.30. The third-order valence-corrected chi connectivity index (χ3v) is 3.95. The summed E-state index contributed by atoms with van der Waals surface area (Å²) in [6.07, 6.45) is 7.82. The molecule has 1 saturated carbocycles. The molecule has 1 amide bonds. The van der Waals surface area contributed by atoms with Crippen LogP contribution in [0.25, 0.3) is 0 Å². The molecule has 0 aliphatic heterocycles. The van der Waals surface area contributed by atoms with Crippen molar-refractivity contribution in [3.8, 4) is 0 Å². The van der Waals surface area contributed by atoms with E-state index in [2.05, 4.69) is 11.6 Å². The predicted octanol–water partition coefficient (Wildman–Crippen LogP) is 1.13. The van der Waals surface area contributed by atoms with Crippen LogP contribution in [0.1, 0.15) is 32.1 Å². The molecule has 0 saturated heterocycles. The van der Waals surface area contributed by atoms with Gasteiger partial charge in [0.2, 0.25) is 5.91 Å². The van der Waals surface area contributed by atoms with E-state index in [1.54, 1.807) is 0 Å². The van der Waals surface area contributed by atoms with E-state index in [1.165, 1.54) is 25.7 Å². The van der Waals surface area contributed by atoms with Gasteiger partial charge in [-0.1, -0.05) is 12.8 Å². The van der Waals surface area contributed by atoms with Crippen LogP contribution in [0.15, 0.2) is 0 Å². The Balaban J connectivity index is 2.22. The molecular weight excluding hydrogens is 196 g/mol. The smallest absolute Gasteiger partial charge is 0.218 e. The van der Waals surface area contributed by atoms with Crippen LogP contribution in [-0.4, -0.2) is 30.0 Å². The average molecular weight is 216 g/mol. The third-order valence-electron chi connectivity index (χ3n) is 2.78. The molecule has 3 nitrogen and oxygen atoms in total. The molecule has 0 aromatic rings. The van der Waals surface area contributed by atoms with Crippen LogP contribution in [0.3, 0.4) is 0 Å². The van der Waals surface area contributed by atoms with Crippen LogP contribution >= 0.6 is 11.8 Å². The first-order chi connectivity index (χ1) is 6.74. The van der Waals surface area contributed by atoms with E-state index in [4.69, 9.17) is 5.73 Å². The van der Waals surface area contributed by atoms with E-state index in [0.717, 1.165) is 11.8 Å². The summed E-state index contributed by atoms with van der Waals surface area (Å²) in [5, 5.41) is 4.15. The fourth-order valence-electron chi connectivity index (χ4n) is 1.99. The lowest BCUT2D eigenvalue weighted by atomic mass is 9.95. The number of carbonyl (C=O) groups excluding carboxylic acids is 1. The van der Waals surface area contributed by atoms with E-state index >= 15 is 0 Å². The van der Waals surface area contributed by atoms with Gasteiger partial charge >= 0.3 is 0 Å². The molecule has 1 aliphatic rings. The van der Waals surface area contributed by atoms with Gasteiger partial charge in [-0.3, -0.25) is 4.79 Å². The number of hydrogen-bond acceptors (Lipinski definition) is 3. The molecule has 3 N–H and O–H groups in total. The number of hydrogen-bond donors (Lipinski definition) is 2. The summed E-state index contributed by atoms with van der Waals surface area (Å²) in [4.78, 5) is 10.6. The number of primary amides is 1. The molecule has 1 fully saturated rings. The zero-order valence-electron chi connectivity index (χ0n) is 8.79. The minimum absolute atomic E-state index is 0.214. The molecule has 0 radical (unpaired) electrons. The number of thioether (sulfide) groups is 1. The van der Waals surface area contributed by atoms with Gasteiger partial charge in [0, 0.05) is 24.3 Å². The summed E-state index contributed by atoms with van der Waals surface area (Å²) in [7, 11) is 0. The van der Waals surface area contributed by atoms with Crippen molar-refractivity contribution >= 4 is 17.7 Å². The Morgan fingerprint density at radius 2 is 2.21 bits per heavy atom. The van der Waals surface area contributed by atoms with Crippen molar-refractivity contribution in [1.29, 1.82) is 0 Å². The van der Waals surface area contributed by atoms with Gasteiger partial charge in [-0.2, -0.15) is 11.8 Å². The van der Waals surface area contributed by atoms with Gasteiger partial charge in [-0.05, 0) is 19.1 Å². The van der Waals surface area contributed by atoms with E-state index < -0.39 is 0 Å². The highest BCUT2D eigenvalue weighted by molar-refractivity contribution is 7.99. The Hall–Kier alpha value is -0.220. The summed E-state index contributed by atoms with van der Waals surface area (Å²) in [6, 6.07) is 0.582. The monoisotopic (exact) mass is 216 g/mol. The summed E-state index contributed by atoms with van der Waals surface area (Å²) in [5.74, 6) is -0.214. The fourth-order valence-corrected chi connectivity index (χ4v) is 2.96. The lowest BCUT2D eigenvalue weighted by Crippen LogP contribution is -2.41. The molecule has 82 valence electrons. The molecule has 0 spiro atoms. The quantitative estimate of drug-likeness (QED) is 0.724. The van der Waals surface area contributed by atoms with Crippen molar-refractivity contribution < 1.29 is 4.79 Å². The molecule has 1 aliphatic carbocycles. The van der Waals surface area contributed by atoms with Crippen LogP contribution < -0.4 is 11.1 Å². The minimum atomic E-state index is -0.214. The number of nitrogens with two attached hydrogens (primary N) is 1. The van der Waals surface area contributed by atoms with E-state index in [0.29, 0.717) is 12.5 Å². The van der Waals surface area contributed by atoms with Gasteiger partial charge in [0.1, 0.15) is 0 Å². The van der Waals surface area contributed by atoms with Crippen molar-refractivity contribution in [2.45, 2.75) is 43.4 Å². The predicted molar refractivity (Wildman–Crippen MR) is 61.4 cm³/mol. The molecule has 0 aromatic heterocycles. The first kappa shape index (κ1) is 11.9. The largest absolute Gasteiger partial charge is 0.370 e. The molecule has 2 unspecified atom stereocenters. The zero-order chi connectivity index (χ0) is 10.4. The van der Waals surface area contributed by atoms with E-state index in [9.17, 15) is 4.79 Å². The molecule has 2 atom stereocenters. The van der Waals surface area contributed by atoms with E-state index in [1.807, 2.05) is 11.8 Å². The fraction of sp³-hybridized carbons (Fsp3) is 0.900. The maximum absolute atomic E-state index is 10.6. The Kier molecular flexibility index (Phi) is 5.33. The highest BCUT2D eigenvalue weighted by atomic mass is 32.2. The number of amides is 1. The molecule has 0 bridgehead atoms. The normalized spacial score (nSPS) is 27.5. The number of rotatable bonds is 5. The number of carbonyl (C=O) groups is 1. The van der Waals surface area contributed by atoms with Gasteiger partial charge in [0.15, 0.2) is 0 Å². The standard InChI is InChI=1S/C10H20N2OS/c1-14-9-5-3-2-4-8(9)12-7-6-10(11)13/h8-9,12H,2-7H2,1H3,(H2,11,13). The van der Waals surface area contributed by atoms with Crippen LogP contribution in [0, 0.1) is 0 Å². The Morgan fingerprint density at radius 3 is 2.86 bits per heavy atom. The van der Waals surface area contributed by atoms with Crippen molar-refractivity contribution in [3.05, 3.63) is 0 Å². The van der Waals surface area contributed by atoms with Gasteiger partial charge in [-0.25, -0.2) is 0 Å². The average Bonchev–Trinajstić information content (AvgIpc) is 2.18. The van der Waals surface area contributed by atoms with Crippen LogP contribution in [0.4, 0.5) is 0 Å². The van der Waals surface area contributed by atoms with Gasteiger partial charge in [-0.15, -0.1) is 0 Å². The maximum atomic E-state index is 10.6. The highest BCUT2D eigenvalue weighted by Crippen LogP contribution is 2.26. The zero-order valence-corrected chi connectivity index (χ0v) is 9.61. The molecular formula is C10H20N2OS. The molecule has 4 heteroatoms. The van der Waals surface area contributed by atoms with Crippen molar-refractivity contribution in [3.63, 3.8) is 0 Å². The second-order valence-electron chi connectivity index (χ2n) is 3.84. The summed E-state index contributed by atoms with van der Waals surface area (Å²) < 4.78 is 0. The molecule has 1 rings (SSSR count). The topological polar surface area (TPSA) is 55.1 Å². The van der Waals surface area contributed by atoms with Gasteiger partial charge in [0.25, 0.3) is 0 Å². The Bertz CT molecular complexity index is 187. The Labute approximate surface area is 90.2 Å². The summed E-state index contributed by atoms with van der Waals surface area (Å²) in [6.45, 7) is 0.733. The van der Waals surface area contributed by atoms with Crippen LogP contribution in [-0.2, 0) is 4.79 Å². The molecule has 0 heterocycles. The lowest BCUT2D eigenvalue weighted by molar-refractivity contribution is -0.117. The van der Waals surface area contributed by atoms with Crippen LogP contribution in [0.2, 0.25) is 0 Å². The van der Waals surface area contributed by atoms with Crippen molar-refractivity contribution in [2.24, 2.45) is 5.73 Å². The lowest BCUT2D eigenvalue weighted by Gasteiger charge is -2.31. The van der Waals surface area contributed by atoms with Gasteiger partial charge in [0.05, 0.1) is 0 Å². The summed E-state index contributed by atoms with van der Waals surface area (Å²) in [5.41, 5.74) is 5.09. The van der Waals surface area contributed by atoms with Gasteiger partial charge < -0.3 is 11.1 Å². The molecule has 0 aromatic carbocycles. The SMILES string of the molecule is CSC1CCCCC1NCCC(N)=O. The minimum Gasteiger partial charge on any atom is -0.370 e. The van der Waals surface area contributed by atoms with Crippen molar-refractivity contribution in [1.82, 2.24) is 5.32 Å². The Morgan fingerprint density at radius 1 is 1.50 bits per heavy atom. The molecule has 14 heavy (non-hydrogen) atoms. The second-order valence-corrected chi connectivity index (χ2v) is 4.91. The first-order valence-corrected chi connectivity index (χ1v) is 6.57. The maximum Gasteiger partial charge on any atom is 0.218 e. The third kappa shape index (κ3) is 3.88. The van der Waals surface area contributed by atoms with E-state index in [-0.39, 0.29) is 5.91 Å². The first-order valence-electron chi connectivity index (χ1n) is 5.28.